The number of sulfonamides is 1. The van der Waals surface area contributed by atoms with Gasteiger partial charge in [-0.25, -0.2) is 8.42 Å². The Kier molecular flexibility index (Phi) is 7.16. The van der Waals surface area contributed by atoms with Crippen LogP contribution in [0.3, 0.4) is 0 Å². The van der Waals surface area contributed by atoms with Crippen LogP contribution < -0.4 is 10.6 Å². The maximum atomic E-state index is 12.5. The van der Waals surface area contributed by atoms with E-state index in [1.807, 2.05) is 13.8 Å². The van der Waals surface area contributed by atoms with E-state index in [-0.39, 0.29) is 6.04 Å². The first kappa shape index (κ1) is 20.4. The maximum absolute atomic E-state index is 12.5. The van der Waals surface area contributed by atoms with Gasteiger partial charge in [-0.3, -0.25) is 9.59 Å². The third-order valence-electron chi connectivity index (χ3n) is 4.52. The molecule has 0 saturated carbocycles. The minimum Gasteiger partial charge on any atom is -0.348 e. The fourth-order valence-corrected chi connectivity index (χ4v) is 4.21. The highest BCUT2D eigenvalue weighted by Crippen LogP contribution is 2.21. The summed E-state index contributed by atoms with van der Waals surface area (Å²) in [6, 6.07) is 6.64. The molecule has 0 aromatic heterocycles. The molecule has 1 fully saturated rings. The summed E-state index contributed by atoms with van der Waals surface area (Å²) in [5.41, 5.74) is 0.896. The van der Waals surface area contributed by atoms with Gasteiger partial charge in [0.15, 0.2) is 0 Å². The molecule has 8 heteroatoms. The zero-order valence-corrected chi connectivity index (χ0v) is 16.1. The lowest BCUT2D eigenvalue weighted by atomic mass is 10.1. The lowest BCUT2D eigenvalue weighted by Crippen LogP contribution is -2.43. The van der Waals surface area contributed by atoms with Gasteiger partial charge in [0, 0.05) is 25.7 Å². The standard InChI is InChI=1S/C18H27N3O4S/c1-3-14(2)20-18(23)17(22)19-11-10-15-6-8-16(9-7-15)26(24,25)21-12-4-5-13-21/h6-9,14H,3-5,10-13H2,1-2H3,(H,19,22)(H,20,23)/t14-/m0/s1. The van der Waals surface area contributed by atoms with Gasteiger partial charge in [0.2, 0.25) is 10.0 Å². The third kappa shape index (κ3) is 5.28. The van der Waals surface area contributed by atoms with E-state index in [2.05, 4.69) is 10.6 Å². The number of carbonyl (C=O) groups excluding carboxylic acids is 2. The van der Waals surface area contributed by atoms with Gasteiger partial charge >= 0.3 is 11.8 Å². The highest BCUT2D eigenvalue weighted by molar-refractivity contribution is 7.89. The topological polar surface area (TPSA) is 95.6 Å². The summed E-state index contributed by atoms with van der Waals surface area (Å²) in [6.07, 6.45) is 3.08. The predicted octanol–water partition coefficient (Wildman–Crippen LogP) is 1.04. The van der Waals surface area contributed by atoms with Crippen molar-refractivity contribution in [1.29, 1.82) is 0 Å². The second-order valence-electron chi connectivity index (χ2n) is 6.54. The number of hydrogen-bond donors (Lipinski definition) is 2. The summed E-state index contributed by atoms with van der Waals surface area (Å²) in [4.78, 5) is 23.6. The van der Waals surface area contributed by atoms with Crippen molar-refractivity contribution in [1.82, 2.24) is 14.9 Å². The van der Waals surface area contributed by atoms with Crippen molar-refractivity contribution in [3.8, 4) is 0 Å². The smallest absolute Gasteiger partial charge is 0.309 e. The first-order valence-corrected chi connectivity index (χ1v) is 10.5. The van der Waals surface area contributed by atoms with Crippen molar-refractivity contribution >= 4 is 21.8 Å². The highest BCUT2D eigenvalue weighted by Gasteiger charge is 2.26. The van der Waals surface area contributed by atoms with E-state index in [0.29, 0.717) is 31.0 Å². The van der Waals surface area contributed by atoms with Gasteiger partial charge < -0.3 is 10.6 Å². The van der Waals surface area contributed by atoms with Crippen molar-refractivity contribution in [3.63, 3.8) is 0 Å². The van der Waals surface area contributed by atoms with Gasteiger partial charge in [-0.15, -0.1) is 0 Å². The normalized spacial score (nSPS) is 16.2. The van der Waals surface area contributed by atoms with Crippen LogP contribution in [0, 0.1) is 0 Å². The Morgan fingerprint density at radius 1 is 1.12 bits per heavy atom. The molecule has 0 radical (unpaired) electrons. The Hall–Kier alpha value is -1.93. The number of amides is 2. The van der Waals surface area contributed by atoms with Crippen LogP contribution in [0.1, 0.15) is 38.7 Å². The number of benzene rings is 1. The molecule has 144 valence electrons. The number of rotatable bonds is 7. The SMILES string of the molecule is CC[C@H](C)NC(=O)C(=O)NCCc1ccc(S(=O)(=O)N2CCCC2)cc1. The third-order valence-corrected chi connectivity index (χ3v) is 6.43. The molecule has 1 aliphatic rings. The second kappa shape index (κ2) is 9.14. The summed E-state index contributed by atoms with van der Waals surface area (Å²) in [5.74, 6) is -1.29. The van der Waals surface area contributed by atoms with Gasteiger partial charge in [-0.1, -0.05) is 19.1 Å². The second-order valence-corrected chi connectivity index (χ2v) is 8.48. The van der Waals surface area contributed by atoms with Gasteiger partial charge in [0.05, 0.1) is 4.90 Å². The molecule has 0 bridgehead atoms. The van der Waals surface area contributed by atoms with Crippen molar-refractivity contribution in [2.24, 2.45) is 0 Å². The number of carbonyl (C=O) groups is 2. The maximum Gasteiger partial charge on any atom is 0.309 e. The molecule has 1 atom stereocenters. The van der Waals surface area contributed by atoms with Crippen LogP contribution in [-0.4, -0.2) is 50.2 Å². The summed E-state index contributed by atoms with van der Waals surface area (Å²) in [5, 5.41) is 5.18. The Morgan fingerprint density at radius 2 is 1.73 bits per heavy atom. The average molecular weight is 381 g/mol. The van der Waals surface area contributed by atoms with E-state index in [0.717, 1.165) is 24.8 Å². The van der Waals surface area contributed by atoms with Crippen LogP contribution in [0.2, 0.25) is 0 Å². The van der Waals surface area contributed by atoms with Crippen molar-refractivity contribution in [2.45, 2.75) is 50.5 Å². The van der Waals surface area contributed by atoms with Gasteiger partial charge in [0.25, 0.3) is 0 Å². The van der Waals surface area contributed by atoms with Crippen LogP contribution in [0.5, 0.6) is 0 Å². The van der Waals surface area contributed by atoms with Crippen LogP contribution in [0.25, 0.3) is 0 Å². The zero-order chi connectivity index (χ0) is 19.2. The molecule has 1 aliphatic heterocycles. The van der Waals surface area contributed by atoms with Crippen molar-refractivity contribution < 1.29 is 18.0 Å². The summed E-state index contributed by atoms with van der Waals surface area (Å²) in [7, 11) is -3.40. The summed E-state index contributed by atoms with van der Waals surface area (Å²) >= 11 is 0. The summed E-state index contributed by atoms with van der Waals surface area (Å²) < 4.78 is 26.4. The fourth-order valence-electron chi connectivity index (χ4n) is 2.70. The number of nitrogens with zero attached hydrogens (tertiary/aromatic N) is 1. The zero-order valence-electron chi connectivity index (χ0n) is 15.3. The molecular weight excluding hydrogens is 354 g/mol. The lowest BCUT2D eigenvalue weighted by molar-refractivity contribution is -0.139. The molecule has 1 saturated heterocycles. The molecule has 2 N–H and O–H groups in total. The minimum absolute atomic E-state index is 0.0432. The molecule has 1 aromatic rings. The molecule has 0 spiro atoms. The van der Waals surface area contributed by atoms with E-state index in [1.54, 1.807) is 24.3 Å². The minimum atomic E-state index is -3.40. The van der Waals surface area contributed by atoms with Crippen molar-refractivity contribution in [2.75, 3.05) is 19.6 Å². The molecule has 0 aliphatic carbocycles. The average Bonchev–Trinajstić information content (AvgIpc) is 3.17. The van der Waals surface area contributed by atoms with Crippen LogP contribution in [-0.2, 0) is 26.0 Å². The molecule has 1 aromatic carbocycles. The Labute approximate surface area is 155 Å². The van der Waals surface area contributed by atoms with Crippen LogP contribution in [0.15, 0.2) is 29.2 Å². The van der Waals surface area contributed by atoms with E-state index >= 15 is 0 Å². The van der Waals surface area contributed by atoms with Crippen molar-refractivity contribution in [3.05, 3.63) is 29.8 Å². The molecule has 0 unspecified atom stereocenters. The molecule has 26 heavy (non-hydrogen) atoms. The molecule has 7 nitrogen and oxygen atoms in total. The first-order valence-electron chi connectivity index (χ1n) is 9.02. The molecule has 2 amide bonds. The van der Waals surface area contributed by atoms with Gasteiger partial charge in [0.1, 0.15) is 0 Å². The predicted molar refractivity (Wildman–Crippen MR) is 99.0 cm³/mol. The highest BCUT2D eigenvalue weighted by atomic mass is 32.2. The molecular formula is C18H27N3O4S. The Bertz CT molecular complexity index is 725. The van der Waals surface area contributed by atoms with Gasteiger partial charge in [-0.2, -0.15) is 4.31 Å². The number of nitrogens with one attached hydrogen (secondary N) is 2. The molecule has 1 heterocycles. The van der Waals surface area contributed by atoms with E-state index < -0.39 is 21.8 Å². The Balaban J connectivity index is 1.84. The van der Waals surface area contributed by atoms with E-state index in [4.69, 9.17) is 0 Å². The first-order chi connectivity index (χ1) is 12.3. The van der Waals surface area contributed by atoms with E-state index in [1.165, 1.54) is 4.31 Å². The monoisotopic (exact) mass is 381 g/mol. The quantitative estimate of drug-likeness (QED) is 0.690. The molecule has 2 rings (SSSR count). The van der Waals surface area contributed by atoms with Crippen LogP contribution in [0.4, 0.5) is 0 Å². The lowest BCUT2D eigenvalue weighted by Gasteiger charge is -2.15. The largest absolute Gasteiger partial charge is 0.348 e. The van der Waals surface area contributed by atoms with E-state index in [9.17, 15) is 18.0 Å². The fraction of sp³-hybridized carbons (Fsp3) is 0.556. The summed E-state index contributed by atoms with van der Waals surface area (Å²) in [6.45, 7) is 5.23. The number of hydrogen-bond acceptors (Lipinski definition) is 4. The van der Waals surface area contributed by atoms with Gasteiger partial charge in [-0.05, 0) is 50.3 Å². The van der Waals surface area contributed by atoms with Crippen LogP contribution >= 0.6 is 0 Å². The Morgan fingerprint density at radius 3 is 2.31 bits per heavy atom.